The number of hydrogen-bond donors (Lipinski definition) is 2. The second-order valence-corrected chi connectivity index (χ2v) is 7.86. The maximum Gasteiger partial charge on any atom is 0.252 e. The smallest absolute Gasteiger partial charge is 0.252 e. The van der Waals surface area contributed by atoms with Gasteiger partial charge in [0.15, 0.2) is 5.76 Å². The maximum absolute atomic E-state index is 12.6. The van der Waals surface area contributed by atoms with Gasteiger partial charge in [-0.25, -0.2) is 4.98 Å². The summed E-state index contributed by atoms with van der Waals surface area (Å²) in [5.74, 6) is 1.72. The van der Waals surface area contributed by atoms with Crippen LogP contribution < -0.4 is 10.9 Å². The van der Waals surface area contributed by atoms with Crippen molar-refractivity contribution in [2.75, 3.05) is 5.32 Å². The van der Waals surface area contributed by atoms with E-state index < -0.39 is 0 Å². The molecule has 8 heteroatoms. The number of carbonyl (C=O) groups excluding carboxylic acids is 1. The van der Waals surface area contributed by atoms with Crippen LogP contribution in [0.1, 0.15) is 57.6 Å². The molecule has 29 heavy (non-hydrogen) atoms. The molecule has 0 unspecified atom stereocenters. The summed E-state index contributed by atoms with van der Waals surface area (Å²) in [6, 6.07) is 6.76. The lowest BCUT2D eigenvalue weighted by atomic mass is 10.0. The van der Waals surface area contributed by atoms with E-state index in [1.807, 2.05) is 13.8 Å². The third-order valence-corrected chi connectivity index (χ3v) is 5.24. The Morgan fingerprint density at radius 3 is 2.83 bits per heavy atom. The molecule has 1 aliphatic rings. The molecule has 1 aliphatic carbocycles. The Balaban J connectivity index is 1.70. The van der Waals surface area contributed by atoms with Gasteiger partial charge in [-0.3, -0.25) is 14.6 Å². The Morgan fingerprint density at radius 2 is 2.14 bits per heavy atom. The molecule has 0 aromatic carbocycles. The van der Waals surface area contributed by atoms with Crippen molar-refractivity contribution < 1.29 is 9.21 Å². The van der Waals surface area contributed by atoms with Crippen LogP contribution >= 0.6 is 0 Å². The van der Waals surface area contributed by atoms with Crippen LogP contribution in [0.15, 0.2) is 39.7 Å². The van der Waals surface area contributed by atoms with E-state index >= 15 is 0 Å². The Morgan fingerprint density at radius 1 is 1.34 bits per heavy atom. The standard InChI is InChI=1S/C21H25N5O3/c1-13(2)15-12-20(28)24-21(22-15)26-18(11-16(25-26)17-8-5-9-29-17)23-19(27)10-14-6-3-4-7-14/h5,8-9,11-14H,3-4,6-7,10H2,1-2H3,(H,23,27)(H,22,24,28). The van der Waals surface area contributed by atoms with E-state index in [0.29, 0.717) is 35.3 Å². The quantitative estimate of drug-likeness (QED) is 0.659. The first-order valence-electron chi connectivity index (χ1n) is 10.0. The first kappa shape index (κ1) is 19.2. The van der Waals surface area contributed by atoms with E-state index in [4.69, 9.17) is 4.42 Å². The van der Waals surface area contributed by atoms with E-state index in [1.165, 1.54) is 23.6 Å². The fourth-order valence-corrected chi connectivity index (χ4v) is 3.71. The summed E-state index contributed by atoms with van der Waals surface area (Å²) in [6.45, 7) is 3.93. The van der Waals surface area contributed by atoms with Gasteiger partial charge in [-0.15, -0.1) is 0 Å². The molecule has 0 aliphatic heterocycles. The number of aromatic nitrogens is 4. The summed E-state index contributed by atoms with van der Waals surface area (Å²) in [5.41, 5.74) is 0.933. The molecular weight excluding hydrogens is 370 g/mol. The second kappa shape index (κ2) is 8.06. The number of rotatable bonds is 6. The van der Waals surface area contributed by atoms with Gasteiger partial charge in [-0.1, -0.05) is 26.7 Å². The summed E-state index contributed by atoms with van der Waals surface area (Å²) in [4.78, 5) is 32.0. The van der Waals surface area contributed by atoms with Crippen molar-refractivity contribution in [3.63, 3.8) is 0 Å². The summed E-state index contributed by atoms with van der Waals surface area (Å²) in [6.07, 6.45) is 6.60. The van der Waals surface area contributed by atoms with Crippen LogP contribution in [-0.2, 0) is 4.79 Å². The van der Waals surface area contributed by atoms with Crippen LogP contribution in [-0.4, -0.2) is 25.7 Å². The minimum atomic E-state index is -0.267. The van der Waals surface area contributed by atoms with E-state index in [1.54, 1.807) is 24.5 Å². The van der Waals surface area contributed by atoms with Gasteiger partial charge in [0.25, 0.3) is 5.56 Å². The van der Waals surface area contributed by atoms with E-state index in [-0.39, 0.29) is 23.3 Å². The highest BCUT2D eigenvalue weighted by molar-refractivity contribution is 5.90. The number of aromatic amines is 1. The molecule has 1 amide bonds. The molecule has 1 fully saturated rings. The minimum absolute atomic E-state index is 0.0635. The van der Waals surface area contributed by atoms with E-state index in [0.717, 1.165) is 12.8 Å². The van der Waals surface area contributed by atoms with Crippen LogP contribution in [0, 0.1) is 5.92 Å². The Labute approximate surface area is 168 Å². The molecule has 0 atom stereocenters. The monoisotopic (exact) mass is 395 g/mol. The van der Waals surface area contributed by atoms with Crippen molar-refractivity contribution in [3.8, 4) is 17.4 Å². The summed E-state index contributed by atoms with van der Waals surface area (Å²) >= 11 is 0. The Bertz CT molecular complexity index is 1040. The molecule has 3 aromatic heterocycles. The van der Waals surface area contributed by atoms with Gasteiger partial charge in [-0.2, -0.15) is 9.78 Å². The van der Waals surface area contributed by atoms with Crippen molar-refractivity contribution in [1.82, 2.24) is 19.7 Å². The lowest BCUT2D eigenvalue weighted by Crippen LogP contribution is -2.20. The van der Waals surface area contributed by atoms with Crippen LogP contribution in [0.5, 0.6) is 0 Å². The zero-order valence-corrected chi connectivity index (χ0v) is 16.6. The summed E-state index contributed by atoms with van der Waals surface area (Å²) in [5, 5.41) is 7.47. The number of anilines is 1. The molecule has 3 heterocycles. The molecule has 4 rings (SSSR count). The Kier molecular flexibility index (Phi) is 5.33. The number of hydrogen-bond acceptors (Lipinski definition) is 5. The average molecular weight is 395 g/mol. The van der Waals surface area contributed by atoms with E-state index in [9.17, 15) is 9.59 Å². The largest absolute Gasteiger partial charge is 0.463 e. The SMILES string of the molecule is CC(C)c1cc(=O)[nH]c(-n2nc(-c3ccco3)cc2NC(=O)CC2CCCC2)n1. The molecule has 1 saturated carbocycles. The number of nitrogens with zero attached hydrogens (tertiary/aromatic N) is 3. The van der Waals surface area contributed by atoms with Gasteiger partial charge in [-0.05, 0) is 36.8 Å². The highest BCUT2D eigenvalue weighted by Gasteiger charge is 2.21. The van der Waals surface area contributed by atoms with Crippen LogP contribution in [0.4, 0.5) is 5.82 Å². The molecule has 8 nitrogen and oxygen atoms in total. The van der Waals surface area contributed by atoms with Crippen LogP contribution in [0.3, 0.4) is 0 Å². The Hall–Kier alpha value is -3.16. The third-order valence-electron chi connectivity index (χ3n) is 5.24. The zero-order valence-electron chi connectivity index (χ0n) is 16.6. The highest BCUT2D eigenvalue weighted by Crippen LogP contribution is 2.29. The number of furan rings is 1. The maximum atomic E-state index is 12.6. The fraction of sp³-hybridized carbons (Fsp3) is 0.429. The molecule has 0 saturated heterocycles. The minimum Gasteiger partial charge on any atom is -0.463 e. The van der Waals surface area contributed by atoms with Gasteiger partial charge >= 0.3 is 0 Å². The number of H-pyrrole nitrogens is 1. The van der Waals surface area contributed by atoms with Crippen molar-refractivity contribution in [1.29, 1.82) is 0 Å². The first-order chi connectivity index (χ1) is 14.0. The molecule has 2 N–H and O–H groups in total. The summed E-state index contributed by atoms with van der Waals surface area (Å²) < 4.78 is 6.90. The lowest BCUT2D eigenvalue weighted by molar-refractivity contribution is -0.117. The fourth-order valence-electron chi connectivity index (χ4n) is 3.71. The molecule has 0 spiro atoms. The predicted molar refractivity (Wildman–Crippen MR) is 109 cm³/mol. The zero-order chi connectivity index (χ0) is 20.4. The normalized spacial score (nSPS) is 14.6. The number of nitrogens with one attached hydrogen (secondary N) is 2. The van der Waals surface area contributed by atoms with Crippen LogP contribution in [0.25, 0.3) is 17.4 Å². The highest BCUT2D eigenvalue weighted by atomic mass is 16.3. The van der Waals surface area contributed by atoms with Gasteiger partial charge in [0.2, 0.25) is 11.9 Å². The summed E-state index contributed by atoms with van der Waals surface area (Å²) in [7, 11) is 0. The lowest BCUT2D eigenvalue weighted by Gasteiger charge is -2.12. The second-order valence-electron chi connectivity index (χ2n) is 7.86. The average Bonchev–Trinajstić information content (AvgIpc) is 3.42. The van der Waals surface area contributed by atoms with E-state index in [2.05, 4.69) is 20.4 Å². The van der Waals surface area contributed by atoms with Crippen molar-refractivity contribution in [3.05, 3.63) is 46.6 Å². The number of amides is 1. The predicted octanol–water partition coefficient (Wildman–Crippen LogP) is 3.86. The van der Waals surface area contributed by atoms with Gasteiger partial charge < -0.3 is 9.73 Å². The van der Waals surface area contributed by atoms with Gasteiger partial charge in [0.1, 0.15) is 11.5 Å². The molecule has 0 radical (unpaired) electrons. The van der Waals surface area contributed by atoms with Crippen molar-refractivity contribution >= 4 is 11.7 Å². The first-order valence-corrected chi connectivity index (χ1v) is 10.0. The topological polar surface area (TPSA) is 106 Å². The molecule has 152 valence electrons. The molecular formula is C21H25N5O3. The van der Waals surface area contributed by atoms with Gasteiger partial charge in [0, 0.05) is 18.6 Å². The third kappa shape index (κ3) is 4.31. The molecule has 0 bridgehead atoms. The van der Waals surface area contributed by atoms with Crippen LogP contribution in [0.2, 0.25) is 0 Å². The number of carbonyl (C=O) groups is 1. The van der Waals surface area contributed by atoms with Crippen molar-refractivity contribution in [2.24, 2.45) is 5.92 Å². The molecule has 3 aromatic rings. The van der Waals surface area contributed by atoms with Gasteiger partial charge in [0.05, 0.1) is 12.0 Å². The van der Waals surface area contributed by atoms with Crippen molar-refractivity contribution in [2.45, 2.75) is 51.9 Å².